The van der Waals surface area contributed by atoms with Gasteiger partial charge in [-0.15, -0.1) is 0 Å². The summed E-state index contributed by atoms with van der Waals surface area (Å²) in [7, 11) is 0. The summed E-state index contributed by atoms with van der Waals surface area (Å²) in [6.07, 6.45) is 8.26. The smallest absolute Gasteiger partial charge is 0.0169 e. The predicted octanol–water partition coefficient (Wildman–Crippen LogP) is 4.06. The minimum atomic E-state index is 0.490. The van der Waals surface area contributed by atoms with Crippen LogP contribution < -0.4 is 5.32 Å². The van der Waals surface area contributed by atoms with E-state index in [4.69, 9.17) is 0 Å². The zero-order chi connectivity index (χ0) is 14.8. The molecule has 2 aliphatic rings. The Morgan fingerprint density at radius 1 is 1.00 bits per heavy atom. The second-order valence-electron chi connectivity index (χ2n) is 9.04. The van der Waals surface area contributed by atoms with Crippen LogP contribution in [0, 0.1) is 10.8 Å². The van der Waals surface area contributed by atoms with Crippen LogP contribution in [0.1, 0.15) is 73.1 Å². The van der Waals surface area contributed by atoms with Gasteiger partial charge < -0.3 is 10.2 Å². The Morgan fingerprint density at radius 2 is 1.55 bits per heavy atom. The molecule has 2 fully saturated rings. The first-order valence-electron chi connectivity index (χ1n) is 8.74. The second-order valence-corrected chi connectivity index (χ2v) is 9.04. The molecule has 2 heteroatoms. The molecule has 1 heterocycles. The third kappa shape index (κ3) is 5.04. The molecule has 0 amide bonds. The van der Waals surface area contributed by atoms with Gasteiger partial charge in [0.2, 0.25) is 0 Å². The molecule has 118 valence electrons. The number of nitrogens with zero attached hydrogens (tertiary/aromatic N) is 1. The predicted molar refractivity (Wildman–Crippen MR) is 88.1 cm³/mol. The molecule has 0 aromatic heterocycles. The number of hydrogen-bond donors (Lipinski definition) is 1. The van der Waals surface area contributed by atoms with Crippen LogP contribution in [0.3, 0.4) is 0 Å². The van der Waals surface area contributed by atoms with Gasteiger partial charge in [-0.2, -0.15) is 0 Å². The molecule has 1 aliphatic heterocycles. The van der Waals surface area contributed by atoms with Crippen LogP contribution in [0.4, 0.5) is 0 Å². The zero-order valence-electron chi connectivity index (χ0n) is 14.5. The van der Waals surface area contributed by atoms with E-state index in [9.17, 15) is 0 Å². The number of nitrogens with one attached hydrogen (secondary N) is 1. The van der Waals surface area contributed by atoms with Crippen molar-refractivity contribution in [3.05, 3.63) is 0 Å². The molecule has 2 rings (SSSR count). The summed E-state index contributed by atoms with van der Waals surface area (Å²) in [6.45, 7) is 16.0. The fourth-order valence-electron chi connectivity index (χ4n) is 4.95. The van der Waals surface area contributed by atoms with Crippen molar-refractivity contribution in [3.63, 3.8) is 0 Å². The molecule has 1 saturated carbocycles. The number of rotatable bonds is 4. The van der Waals surface area contributed by atoms with Gasteiger partial charge in [0.1, 0.15) is 0 Å². The zero-order valence-corrected chi connectivity index (χ0v) is 14.5. The maximum atomic E-state index is 3.94. The number of likely N-dealkylation sites (tertiary alicyclic amines) is 1. The van der Waals surface area contributed by atoms with Gasteiger partial charge in [0.05, 0.1) is 0 Å². The summed E-state index contributed by atoms with van der Waals surface area (Å²) < 4.78 is 0. The van der Waals surface area contributed by atoms with Gasteiger partial charge in [-0.1, -0.05) is 34.1 Å². The SMILES string of the molecule is CC(CN1CCCCC1)NC1CC(C)(C)CC(C)(C)C1. The van der Waals surface area contributed by atoms with E-state index < -0.39 is 0 Å². The second kappa shape index (κ2) is 6.36. The molecular weight excluding hydrogens is 244 g/mol. The van der Waals surface area contributed by atoms with E-state index in [2.05, 4.69) is 44.8 Å². The van der Waals surface area contributed by atoms with Gasteiger partial charge in [0.25, 0.3) is 0 Å². The van der Waals surface area contributed by atoms with Crippen LogP contribution in [0.15, 0.2) is 0 Å². The first-order valence-corrected chi connectivity index (χ1v) is 8.74. The van der Waals surface area contributed by atoms with E-state index in [1.807, 2.05) is 0 Å². The Kier molecular flexibility index (Phi) is 5.18. The molecule has 20 heavy (non-hydrogen) atoms. The fourth-order valence-corrected chi connectivity index (χ4v) is 4.95. The summed E-state index contributed by atoms with van der Waals surface area (Å²) in [5.41, 5.74) is 0.981. The Labute approximate surface area is 126 Å². The van der Waals surface area contributed by atoms with E-state index in [1.165, 1.54) is 58.2 Å². The molecular formula is C18H36N2. The third-order valence-corrected chi connectivity index (χ3v) is 5.06. The highest BCUT2D eigenvalue weighted by molar-refractivity contribution is 4.93. The van der Waals surface area contributed by atoms with Crippen LogP contribution >= 0.6 is 0 Å². The summed E-state index contributed by atoms with van der Waals surface area (Å²) in [5, 5.41) is 3.94. The normalized spacial score (nSPS) is 29.2. The maximum absolute atomic E-state index is 3.94. The molecule has 1 unspecified atom stereocenters. The van der Waals surface area contributed by atoms with Crippen molar-refractivity contribution >= 4 is 0 Å². The lowest BCUT2D eigenvalue weighted by Gasteiger charge is -2.46. The Bertz CT molecular complexity index is 287. The largest absolute Gasteiger partial charge is 0.310 e. The molecule has 0 aromatic rings. The highest BCUT2D eigenvalue weighted by Gasteiger charge is 2.38. The molecule has 1 saturated heterocycles. The van der Waals surface area contributed by atoms with Crippen LogP contribution in [0.5, 0.6) is 0 Å². The average Bonchev–Trinajstić information content (AvgIpc) is 2.25. The monoisotopic (exact) mass is 280 g/mol. The van der Waals surface area contributed by atoms with Crippen molar-refractivity contribution in [2.45, 2.75) is 85.2 Å². The van der Waals surface area contributed by atoms with Crippen molar-refractivity contribution in [2.75, 3.05) is 19.6 Å². The lowest BCUT2D eigenvalue weighted by Crippen LogP contribution is -2.50. The summed E-state index contributed by atoms with van der Waals surface area (Å²) in [6, 6.07) is 1.33. The first kappa shape index (κ1) is 16.3. The van der Waals surface area contributed by atoms with Gasteiger partial charge in [0, 0.05) is 18.6 Å². The van der Waals surface area contributed by atoms with Crippen molar-refractivity contribution in [2.24, 2.45) is 10.8 Å². The summed E-state index contributed by atoms with van der Waals surface area (Å²) in [4.78, 5) is 2.65. The van der Waals surface area contributed by atoms with Gasteiger partial charge in [-0.05, 0) is 62.9 Å². The number of hydrogen-bond acceptors (Lipinski definition) is 2. The van der Waals surface area contributed by atoms with Crippen molar-refractivity contribution in [1.29, 1.82) is 0 Å². The molecule has 1 aliphatic carbocycles. The highest BCUT2D eigenvalue weighted by atomic mass is 15.2. The fraction of sp³-hybridized carbons (Fsp3) is 1.00. The van der Waals surface area contributed by atoms with Gasteiger partial charge >= 0.3 is 0 Å². The average molecular weight is 280 g/mol. The molecule has 1 atom stereocenters. The van der Waals surface area contributed by atoms with Crippen LogP contribution in [-0.2, 0) is 0 Å². The minimum Gasteiger partial charge on any atom is -0.310 e. The molecule has 0 bridgehead atoms. The van der Waals surface area contributed by atoms with Crippen LogP contribution in [-0.4, -0.2) is 36.6 Å². The molecule has 1 N–H and O–H groups in total. The van der Waals surface area contributed by atoms with E-state index in [-0.39, 0.29) is 0 Å². The lowest BCUT2D eigenvalue weighted by molar-refractivity contribution is 0.0774. The van der Waals surface area contributed by atoms with E-state index in [1.54, 1.807) is 0 Å². The first-order chi connectivity index (χ1) is 9.26. The summed E-state index contributed by atoms with van der Waals surface area (Å²) >= 11 is 0. The molecule has 0 aromatic carbocycles. The van der Waals surface area contributed by atoms with Crippen LogP contribution in [0.25, 0.3) is 0 Å². The third-order valence-electron chi connectivity index (χ3n) is 5.06. The lowest BCUT2D eigenvalue weighted by atomic mass is 9.63. The maximum Gasteiger partial charge on any atom is 0.0169 e. The van der Waals surface area contributed by atoms with Crippen molar-refractivity contribution in [1.82, 2.24) is 10.2 Å². The Hall–Kier alpha value is -0.0800. The summed E-state index contributed by atoms with van der Waals surface area (Å²) in [5.74, 6) is 0. The van der Waals surface area contributed by atoms with Crippen molar-refractivity contribution in [3.8, 4) is 0 Å². The van der Waals surface area contributed by atoms with E-state index in [0.717, 1.165) is 0 Å². The molecule has 2 nitrogen and oxygen atoms in total. The van der Waals surface area contributed by atoms with Gasteiger partial charge in [-0.25, -0.2) is 0 Å². The highest BCUT2D eigenvalue weighted by Crippen LogP contribution is 2.45. The van der Waals surface area contributed by atoms with E-state index in [0.29, 0.717) is 22.9 Å². The van der Waals surface area contributed by atoms with E-state index >= 15 is 0 Å². The quantitative estimate of drug-likeness (QED) is 0.835. The van der Waals surface area contributed by atoms with Gasteiger partial charge in [0.15, 0.2) is 0 Å². The number of piperidine rings is 1. The molecule has 0 radical (unpaired) electrons. The standard InChI is InChI=1S/C18H36N2/c1-15(13-20-9-7-6-8-10-20)19-16-11-17(2,3)14-18(4,5)12-16/h15-16,19H,6-14H2,1-5H3. The Balaban J connectivity index is 1.82. The van der Waals surface area contributed by atoms with Crippen molar-refractivity contribution < 1.29 is 0 Å². The molecule has 0 spiro atoms. The minimum absolute atomic E-state index is 0.490. The Morgan fingerprint density at radius 3 is 2.10 bits per heavy atom. The van der Waals surface area contributed by atoms with Gasteiger partial charge in [-0.3, -0.25) is 0 Å². The van der Waals surface area contributed by atoms with Crippen LogP contribution in [0.2, 0.25) is 0 Å². The topological polar surface area (TPSA) is 15.3 Å².